The van der Waals surface area contributed by atoms with Gasteiger partial charge in [-0.1, -0.05) is 30.6 Å². The summed E-state index contributed by atoms with van der Waals surface area (Å²) in [5, 5.41) is 10.8. The van der Waals surface area contributed by atoms with Crippen LogP contribution in [0.5, 0.6) is 0 Å². The minimum atomic E-state index is -0.199. The van der Waals surface area contributed by atoms with Crippen molar-refractivity contribution in [2.24, 2.45) is 5.41 Å². The number of hydrogen-bond donors (Lipinski definition) is 1. The van der Waals surface area contributed by atoms with E-state index in [4.69, 9.17) is 0 Å². The largest absolute Gasteiger partial charge is 0.357 e. The van der Waals surface area contributed by atoms with Gasteiger partial charge in [0.1, 0.15) is 11.3 Å². The maximum atomic E-state index is 12.2. The summed E-state index contributed by atoms with van der Waals surface area (Å²) in [6.07, 6.45) is 11.2. The fourth-order valence-electron chi connectivity index (χ4n) is 4.12. The van der Waals surface area contributed by atoms with Crippen molar-refractivity contribution < 1.29 is 4.79 Å². The number of piperidine rings is 1. The molecule has 2 aliphatic rings. The molecule has 7 heteroatoms. The van der Waals surface area contributed by atoms with Gasteiger partial charge >= 0.3 is 0 Å². The highest BCUT2D eigenvalue weighted by Gasteiger charge is 2.35. The Morgan fingerprint density at radius 2 is 1.92 bits per heavy atom. The summed E-state index contributed by atoms with van der Waals surface area (Å²) in [5.74, 6) is 0.772. The van der Waals surface area contributed by atoms with Crippen molar-refractivity contribution in [3.63, 3.8) is 0 Å². The van der Waals surface area contributed by atoms with Crippen LogP contribution in [0.1, 0.15) is 55.3 Å². The van der Waals surface area contributed by atoms with Gasteiger partial charge in [0.15, 0.2) is 0 Å². The Morgan fingerprint density at radius 3 is 2.56 bits per heavy atom. The van der Waals surface area contributed by atoms with E-state index in [0.717, 1.165) is 18.9 Å². The Hall–Kier alpha value is -2.02. The minimum absolute atomic E-state index is 0.199. The first-order chi connectivity index (χ1) is 12.2. The van der Waals surface area contributed by atoms with Crippen molar-refractivity contribution >= 4 is 28.2 Å². The van der Waals surface area contributed by atoms with E-state index in [1.54, 1.807) is 11.7 Å². The van der Waals surface area contributed by atoms with Crippen LogP contribution >= 0.6 is 11.3 Å². The van der Waals surface area contributed by atoms with Crippen LogP contribution in [0.25, 0.3) is 0 Å². The number of carbonyl (C=O) groups excluding carboxylic acids is 1. The van der Waals surface area contributed by atoms with E-state index >= 15 is 0 Å². The molecule has 1 saturated heterocycles. The molecule has 0 radical (unpaired) electrons. The van der Waals surface area contributed by atoms with E-state index in [0.29, 0.717) is 16.1 Å². The van der Waals surface area contributed by atoms with Crippen molar-refractivity contribution in [3.8, 4) is 0 Å². The van der Waals surface area contributed by atoms with Crippen LogP contribution in [-0.4, -0.2) is 34.2 Å². The maximum Gasteiger partial charge on any atom is 0.259 e. The molecule has 1 N–H and O–H groups in total. The highest BCUT2D eigenvalue weighted by Crippen LogP contribution is 2.44. The predicted molar refractivity (Wildman–Crippen MR) is 99.1 cm³/mol. The van der Waals surface area contributed by atoms with E-state index in [9.17, 15) is 4.79 Å². The van der Waals surface area contributed by atoms with Crippen LogP contribution < -0.4 is 10.2 Å². The van der Waals surface area contributed by atoms with E-state index in [1.807, 2.05) is 12.1 Å². The second-order valence-electron chi connectivity index (χ2n) is 7.15. The van der Waals surface area contributed by atoms with Crippen LogP contribution in [0, 0.1) is 5.41 Å². The number of nitrogens with one attached hydrogen (secondary N) is 1. The third-order valence-corrected chi connectivity index (χ3v) is 6.26. The second kappa shape index (κ2) is 7.07. The van der Waals surface area contributed by atoms with Crippen LogP contribution in [-0.2, 0) is 0 Å². The molecule has 2 aromatic heterocycles. The molecule has 1 aliphatic heterocycles. The van der Waals surface area contributed by atoms with Gasteiger partial charge in [-0.2, -0.15) is 0 Å². The Morgan fingerprint density at radius 1 is 1.12 bits per heavy atom. The predicted octanol–water partition coefficient (Wildman–Crippen LogP) is 3.74. The summed E-state index contributed by atoms with van der Waals surface area (Å²) < 4.78 is 0. The van der Waals surface area contributed by atoms with Gasteiger partial charge in [-0.05, 0) is 43.2 Å². The summed E-state index contributed by atoms with van der Waals surface area (Å²) in [4.78, 5) is 19.0. The zero-order valence-corrected chi connectivity index (χ0v) is 15.1. The molecule has 1 amide bonds. The van der Waals surface area contributed by atoms with Gasteiger partial charge in [0.2, 0.25) is 5.13 Å². The molecule has 0 unspecified atom stereocenters. The van der Waals surface area contributed by atoms with Gasteiger partial charge in [0, 0.05) is 19.3 Å². The lowest BCUT2D eigenvalue weighted by Gasteiger charge is -2.44. The maximum absolute atomic E-state index is 12.2. The second-order valence-corrected chi connectivity index (χ2v) is 7.98. The molecular weight excluding hydrogens is 334 g/mol. The van der Waals surface area contributed by atoms with Crippen molar-refractivity contribution in [3.05, 3.63) is 29.4 Å². The summed E-state index contributed by atoms with van der Waals surface area (Å²) in [6.45, 7) is 2.15. The first-order valence-corrected chi connectivity index (χ1v) is 9.91. The minimum Gasteiger partial charge on any atom is -0.357 e. The lowest BCUT2D eigenvalue weighted by Crippen LogP contribution is -2.41. The van der Waals surface area contributed by atoms with E-state index < -0.39 is 0 Å². The van der Waals surface area contributed by atoms with Gasteiger partial charge < -0.3 is 4.90 Å². The zero-order chi connectivity index (χ0) is 17.1. The van der Waals surface area contributed by atoms with Gasteiger partial charge in [-0.3, -0.25) is 10.1 Å². The molecule has 1 saturated carbocycles. The average Bonchev–Trinajstić information content (AvgIpc) is 3.16. The number of hydrogen-bond acceptors (Lipinski definition) is 6. The standard InChI is InChI=1S/C18H23N5OS/c24-16(21-17-22-20-13-25-17)14-4-5-15(19-12-14)23-10-8-18(9-11-23)6-2-1-3-7-18/h4-5,12-13H,1-3,6-11H2,(H,21,22,24). The molecule has 132 valence electrons. The Bertz CT molecular complexity index is 700. The number of aromatic nitrogens is 3. The van der Waals surface area contributed by atoms with E-state index in [1.165, 1.54) is 56.3 Å². The average molecular weight is 357 g/mol. The SMILES string of the molecule is O=C(Nc1nncs1)c1ccc(N2CCC3(CCCCC3)CC2)nc1. The number of carbonyl (C=O) groups is 1. The lowest BCUT2D eigenvalue weighted by atomic mass is 9.68. The van der Waals surface area contributed by atoms with Gasteiger partial charge in [-0.25, -0.2) is 4.98 Å². The highest BCUT2D eigenvalue weighted by atomic mass is 32.1. The van der Waals surface area contributed by atoms with Crippen LogP contribution in [0.3, 0.4) is 0 Å². The van der Waals surface area contributed by atoms with Gasteiger partial charge in [0.25, 0.3) is 5.91 Å². The fraction of sp³-hybridized carbons (Fsp3) is 0.556. The Balaban J connectivity index is 1.37. The summed E-state index contributed by atoms with van der Waals surface area (Å²) in [7, 11) is 0. The van der Waals surface area contributed by atoms with Crippen LogP contribution in [0.2, 0.25) is 0 Å². The molecular formula is C18H23N5OS. The molecule has 2 aromatic rings. The molecule has 6 nitrogen and oxygen atoms in total. The van der Waals surface area contributed by atoms with Gasteiger partial charge in [-0.15, -0.1) is 10.2 Å². The molecule has 1 aliphatic carbocycles. The van der Waals surface area contributed by atoms with Crippen molar-refractivity contribution in [1.82, 2.24) is 15.2 Å². The van der Waals surface area contributed by atoms with Crippen molar-refractivity contribution in [2.75, 3.05) is 23.3 Å². The van der Waals surface area contributed by atoms with Crippen molar-refractivity contribution in [1.29, 1.82) is 0 Å². The third-order valence-electron chi connectivity index (χ3n) is 5.65. The monoisotopic (exact) mass is 357 g/mol. The Labute approximate surface area is 151 Å². The number of rotatable bonds is 3. The Kier molecular flexibility index (Phi) is 4.65. The molecule has 0 bridgehead atoms. The number of anilines is 2. The fourth-order valence-corrected chi connectivity index (χ4v) is 4.56. The van der Waals surface area contributed by atoms with E-state index in [-0.39, 0.29) is 5.91 Å². The molecule has 4 rings (SSSR count). The van der Waals surface area contributed by atoms with Crippen molar-refractivity contribution in [2.45, 2.75) is 44.9 Å². The summed E-state index contributed by atoms with van der Waals surface area (Å²) in [6, 6.07) is 3.79. The summed E-state index contributed by atoms with van der Waals surface area (Å²) in [5.41, 5.74) is 2.72. The molecule has 0 atom stereocenters. The topological polar surface area (TPSA) is 71.0 Å². The number of pyridine rings is 1. The highest BCUT2D eigenvalue weighted by molar-refractivity contribution is 7.13. The van der Waals surface area contributed by atoms with Crippen LogP contribution in [0.15, 0.2) is 23.8 Å². The molecule has 25 heavy (non-hydrogen) atoms. The summed E-state index contributed by atoms with van der Waals surface area (Å²) >= 11 is 1.30. The molecule has 1 spiro atoms. The zero-order valence-electron chi connectivity index (χ0n) is 14.3. The smallest absolute Gasteiger partial charge is 0.259 e. The first-order valence-electron chi connectivity index (χ1n) is 9.03. The molecule has 0 aromatic carbocycles. The lowest BCUT2D eigenvalue weighted by molar-refractivity contribution is 0.102. The third kappa shape index (κ3) is 3.66. The van der Waals surface area contributed by atoms with Crippen LogP contribution in [0.4, 0.5) is 10.9 Å². The molecule has 2 fully saturated rings. The quantitative estimate of drug-likeness (QED) is 0.906. The van der Waals surface area contributed by atoms with Gasteiger partial charge in [0.05, 0.1) is 5.56 Å². The normalized spacial score (nSPS) is 19.8. The molecule has 3 heterocycles. The van der Waals surface area contributed by atoms with E-state index in [2.05, 4.69) is 25.4 Å². The first kappa shape index (κ1) is 16.4. The number of amides is 1. The number of nitrogens with zero attached hydrogens (tertiary/aromatic N) is 4.